The molecule has 0 saturated heterocycles. The molecule has 0 saturated carbocycles. The monoisotopic (exact) mass is 243 g/mol. The first-order valence-corrected chi connectivity index (χ1v) is 5.36. The molecule has 0 aliphatic heterocycles. The average molecular weight is 244 g/mol. The van der Waals surface area contributed by atoms with Crippen LogP contribution >= 0.6 is 11.6 Å². The van der Waals surface area contributed by atoms with E-state index >= 15 is 0 Å². The zero-order chi connectivity index (χ0) is 11.8. The van der Waals surface area contributed by atoms with Gasteiger partial charge in [-0.25, -0.2) is 4.79 Å². The maximum atomic E-state index is 11.1. The molecule has 1 aromatic carbocycles. The molecule has 0 spiro atoms. The fraction of sp³-hybridized carbons (Fsp3) is 0.364. The Morgan fingerprint density at radius 1 is 1.50 bits per heavy atom. The van der Waals surface area contributed by atoms with Gasteiger partial charge in [-0.05, 0) is 24.1 Å². The number of rotatable bonds is 5. The van der Waals surface area contributed by atoms with Crippen LogP contribution in [-0.2, 0) is 11.3 Å². The van der Waals surface area contributed by atoms with Gasteiger partial charge in [0.15, 0.2) is 0 Å². The molecule has 16 heavy (non-hydrogen) atoms. The predicted molar refractivity (Wildman–Crippen MR) is 61.3 cm³/mol. The highest BCUT2D eigenvalue weighted by molar-refractivity contribution is 6.30. The van der Waals surface area contributed by atoms with Gasteiger partial charge < -0.3 is 15.2 Å². The summed E-state index contributed by atoms with van der Waals surface area (Å²) in [5, 5.41) is 11.6. The van der Waals surface area contributed by atoms with Crippen molar-refractivity contribution in [3.63, 3.8) is 0 Å². The lowest BCUT2D eigenvalue weighted by Crippen LogP contribution is -2.25. The lowest BCUT2D eigenvalue weighted by molar-refractivity contribution is 0.139. The van der Waals surface area contributed by atoms with Crippen LogP contribution in [0.5, 0.6) is 0 Å². The van der Waals surface area contributed by atoms with Gasteiger partial charge in [0.1, 0.15) is 6.61 Å². The zero-order valence-corrected chi connectivity index (χ0v) is 9.54. The number of nitrogens with one attached hydrogen (secondary N) is 1. The molecule has 0 aromatic heterocycles. The number of ether oxygens (including phenoxy) is 1. The molecule has 0 atom stereocenters. The van der Waals surface area contributed by atoms with Crippen LogP contribution in [0.3, 0.4) is 0 Å². The van der Waals surface area contributed by atoms with Crippen molar-refractivity contribution in [1.29, 1.82) is 0 Å². The van der Waals surface area contributed by atoms with Crippen LogP contribution in [0.1, 0.15) is 12.0 Å². The normalized spacial score (nSPS) is 9.88. The highest BCUT2D eigenvalue weighted by Gasteiger charge is 2.01. The van der Waals surface area contributed by atoms with Crippen molar-refractivity contribution in [2.45, 2.75) is 13.0 Å². The fourth-order valence-corrected chi connectivity index (χ4v) is 1.31. The second kappa shape index (κ2) is 7.09. The summed E-state index contributed by atoms with van der Waals surface area (Å²) < 4.78 is 4.94. The molecule has 0 radical (unpaired) electrons. The first kappa shape index (κ1) is 12.8. The molecule has 0 heterocycles. The second-order valence-electron chi connectivity index (χ2n) is 3.21. The largest absolute Gasteiger partial charge is 0.445 e. The van der Waals surface area contributed by atoms with Crippen LogP contribution in [0.2, 0.25) is 5.02 Å². The van der Waals surface area contributed by atoms with E-state index < -0.39 is 6.09 Å². The van der Waals surface area contributed by atoms with E-state index in [-0.39, 0.29) is 13.2 Å². The standard InChI is InChI=1S/C11H14ClNO3/c12-10-4-1-3-9(7-10)8-16-11(15)13-5-2-6-14/h1,3-4,7,14H,2,5-6,8H2,(H,13,15). The van der Waals surface area contributed by atoms with Gasteiger partial charge in [-0.2, -0.15) is 0 Å². The van der Waals surface area contributed by atoms with Crippen LogP contribution in [0.25, 0.3) is 0 Å². The molecule has 1 aromatic rings. The van der Waals surface area contributed by atoms with Gasteiger partial charge >= 0.3 is 6.09 Å². The Hall–Kier alpha value is -1.26. The van der Waals surface area contributed by atoms with Crippen LogP contribution in [-0.4, -0.2) is 24.4 Å². The minimum absolute atomic E-state index is 0.0502. The molecule has 2 N–H and O–H groups in total. The van der Waals surface area contributed by atoms with Crippen LogP contribution in [0, 0.1) is 0 Å². The summed E-state index contributed by atoms with van der Waals surface area (Å²) in [6.45, 7) is 0.644. The lowest BCUT2D eigenvalue weighted by atomic mass is 10.2. The van der Waals surface area contributed by atoms with Crippen molar-refractivity contribution in [2.75, 3.05) is 13.2 Å². The number of aliphatic hydroxyl groups is 1. The number of hydrogen-bond donors (Lipinski definition) is 2. The maximum Gasteiger partial charge on any atom is 0.407 e. The van der Waals surface area contributed by atoms with Gasteiger partial charge in [-0.15, -0.1) is 0 Å². The van der Waals surface area contributed by atoms with E-state index in [9.17, 15) is 4.79 Å². The van der Waals surface area contributed by atoms with E-state index in [4.69, 9.17) is 21.4 Å². The molecular weight excluding hydrogens is 230 g/mol. The van der Waals surface area contributed by atoms with Gasteiger partial charge in [0.05, 0.1) is 0 Å². The third-order valence-electron chi connectivity index (χ3n) is 1.86. The Kier molecular flexibility index (Phi) is 5.67. The molecule has 0 fully saturated rings. The lowest BCUT2D eigenvalue weighted by Gasteiger charge is -2.06. The molecular formula is C11H14ClNO3. The number of halogens is 1. The van der Waals surface area contributed by atoms with Crippen molar-refractivity contribution < 1.29 is 14.6 Å². The van der Waals surface area contributed by atoms with Gasteiger partial charge in [0.25, 0.3) is 0 Å². The Balaban J connectivity index is 2.26. The van der Waals surface area contributed by atoms with E-state index in [1.54, 1.807) is 18.2 Å². The number of carbonyl (C=O) groups is 1. The highest BCUT2D eigenvalue weighted by atomic mass is 35.5. The van der Waals surface area contributed by atoms with E-state index in [0.29, 0.717) is 18.0 Å². The minimum atomic E-state index is -0.492. The summed E-state index contributed by atoms with van der Waals surface area (Å²) in [5.74, 6) is 0. The fourth-order valence-electron chi connectivity index (χ4n) is 1.10. The molecule has 0 aliphatic rings. The zero-order valence-electron chi connectivity index (χ0n) is 8.78. The van der Waals surface area contributed by atoms with Crippen LogP contribution in [0.4, 0.5) is 4.79 Å². The number of hydrogen-bond acceptors (Lipinski definition) is 3. The Morgan fingerprint density at radius 2 is 2.31 bits per heavy atom. The number of carbonyl (C=O) groups excluding carboxylic acids is 1. The molecule has 5 heteroatoms. The van der Waals surface area contributed by atoms with Crippen molar-refractivity contribution in [3.8, 4) is 0 Å². The summed E-state index contributed by atoms with van der Waals surface area (Å²) in [4.78, 5) is 11.1. The number of amides is 1. The molecule has 0 aliphatic carbocycles. The van der Waals surface area contributed by atoms with Crippen molar-refractivity contribution in [3.05, 3.63) is 34.9 Å². The van der Waals surface area contributed by atoms with E-state index in [1.807, 2.05) is 6.07 Å². The number of aliphatic hydroxyl groups excluding tert-OH is 1. The molecule has 0 bridgehead atoms. The maximum absolute atomic E-state index is 11.1. The molecule has 1 amide bonds. The van der Waals surface area contributed by atoms with Crippen LogP contribution in [0.15, 0.2) is 24.3 Å². The quantitative estimate of drug-likeness (QED) is 0.777. The number of benzene rings is 1. The van der Waals surface area contributed by atoms with Gasteiger partial charge in [-0.3, -0.25) is 0 Å². The highest BCUT2D eigenvalue weighted by Crippen LogP contribution is 2.11. The van der Waals surface area contributed by atoms with E-state index in [2.05, 4.69) is 5.32 Å². The third kappa shape index (κ3) is 5.00. The summed E-state index contributed by atoms with van der Waals surface area (Å²) >= 11 is 5.78. The minimum Gasteiger partial charge on any atom is -0.445 e. The second-order valence-corrected chi connectivity index (χ2v) is 3.65. The molecule has 4 nitrogen and oxygen atoms in total. The van der Waals surface area contributed by atoms with Crippen molar-refractivity contribution in [2.24, 2.45) is 0 Å². The first-order chi connectivity index (χ1) is 7.72. The SMILES string of the molecule is O=C(NCCCO)OCc1cccc(Cl)c1. The summed E-state index contributed by atoms with van der Waals surface area (Å²) in [6.07, 6.45) is 0.0279. The average Bonchev–Trinajstić information content (AvgIpc) is 2.27. The van der Waals surface area contributed by atoms with Crippen molar-refractivity contribution >= 4 is 17.7 Å². The predicted octanol–water partition coefficient (Wildman–Crippen LogP) is 1.95. The number of alkyl carbamates (subject to hydrolysis) is 1. The topological polar surface area (TPSA) is 58.6 Å². The Morgan fingerprint density at radius 3 is 3.00 bits per heavy atom. The smallest absolute Gasteiger partial charge is 0.407 e. The van der Waals surface area contributed by atoms with Gasteiger partial charge in [0, 0.05) is 18.2 Å². The van der Waals surface area contributed by atoms with Crippen LogP contribution < -0.4 is 5.32 Å². The summed E-state index contributed by atoms with van der Waals surface area (Å²) in [5.41, 5.74) is 0.838. The Bertz CT molecular complexity index is 344. The molecule has 0 unspecified atom stereocenters. The summed E-state index contributed by atoms with van der Waals surface area (Å²) in [7, 11) is 0. The van der Waals surface area contributed by atoms with Crippen molar-refractivity contribution in [1.82, 2.24) is 5.32 Å². The van der Waals surface area contributed by atoms with Gasteiger partial charge in [0.2, 0.25) is 0 Å². The molecule has 1 rings (SSSR count). The van der Waals surface area contributed by atoms with E-state index in [0.717, 1.165) is 5.56 Å². The van der Waals surface area contributed by atoms with Gasteiger partial charge in [-0.1, -0.05) is 23.7 Å². The Labute approximate surface area is 99.2 Å². The third-order valence-corrected chi connectivity index (χ3v) is 2.10. The first-order valence-electron chi connectivity index (χ1n) is 4.98. The summed E-state index contributed by atoms with van der Waals surface area (Å²) in [6, 6.07) is 7.12. The van der Waals surface area contributed by atoms with E-state index in [1.165, 1.54) is 0 Å². The molecule has 88 valence electrons.